The zero-order chi connectivity index (χ0) is 17.2. The van der Waals surface area contributed by atoms with Crippen LogP contribution in [0.15, 0.2) is 18.2 Å². The van der Waals surface area contributed by atoms with E-state index < -0.39 is 11.6 Å². The molecule has 0 atom stereocenters. The van der Waals surface area contributed by atoms with E-state index in [0.717, 1.165) is 5.69 Å². The number of nitrogens with two attached hydrogens (primary N) is 1. The number of nitrogen functional groups attached to an aromatic ring is 1. The van der Waals surface area contributed by atoms with Crippen molar-refractivity contribution in [3.63, 3.8) is 0 Å². The number of carboxylic acids is 1. The van der Waals surface area contributed by atoms with Gasteiger partial charge in [0.2, 0.25) is 0 Å². The van der Waals surface area contributed by atoms with Gasteiger partial charge in [-0.2, -0.15) is 0 Å². The van der Waals surface area contributed by atoms with Crippen molar-refractivity contribution in [2.75, 3.05) is 36.8 Å². The van der Waals surface area contributed by atoms with Crippen LogP contribution >= 0.6 is 0 Å². The largest absolute Gasteiger partial charge is 0.478 e. The van der Waals surface area contributed by atoms with Gasteiger partial charge in [0.15, 0.2) is 0 Å². The van der Waals surface area contributed by atoms with Crippen molar-refractivity contribution in [2.24, 2.45) is 0 Å². The van der Waals surface area contributed by atoms with E-state index in [2.05, 4.69) is 0 Å². The van der Waals surface area contributed by atoms with Crippen molar-refractivity contribution in [2.45, 2.75) is 26.4 Å². The first-order valence-corrected chi connectivity index (χ1v) is 7.53. The smallest absolute Gasteiger partial charge is 0.410 e. The van der Waals surface area contributed by atoms with E-state index in [-0.39, 0.29) is 17.3 Å². The molecule has 1 amide bonds. The summed E-state index contributed by atoms with van der Waals surface area (Å²) in [5, 5.41) is 9.14. The molecule has 0 unspecified atom stereocenters. The summed E-state index contributed by atoms with van der Waals surface area (Å²) < 4.78 is 5.36. The fourth-order valence-corrected chi connectivity index (χ4v) is 2.40. The van der Waals surface area contributed by atoms with Crippen LogP contribution in [0.5, 0.6) is 0 Å². The van der Waals surface area contributed by atoms with E-state index in [1.165, 1.54) is 0 Å². The minimum Gasteiger partial charge on any atom is -0.478 e. The van der Waals surface area contributed by atoms with E-state index in [1.54, 1.807) is 23.1 Å². The molecule has 126 valence electrons. The molecule has 2 rings (SSSR count). The Morgan fingerprint density at radius 3 is 2.30 bits per heavy atom. The van der Waals surface area contributed by atoms with Gasteiger partial charge in [-0.15, -0.1) is 0 Å². The standard InChI is InChI=1S/C16H23N3O4/c1-16(2,3)23-15(22)19-8-6-18(7-9-19)11-4-5-13(17)12(10-11)14(20)21/h4-5,10H,6-9,17H2,1-3H3,(H,20,21). The van der Waals surface area contributed by atoms with Crippen molar-refractivity contribution >= 4 is 23.4 Å². The number of hydrogen-bond acceptors (Lipinski definition) is 5. The zero-order valence-electron chi connectivity index (χ0n) is 13.7. The fourth-order valence-electron chi connectivity index (χ4n) is 2.40. The van der Waals surface area contributed by atoms with Gasteiger partial charge in [0, 0.05) is 37.6 Å². The second kappa shape index (κ2) is 6.36. The summed E-state index contributed by atoms with van der Waals surface area (Å²) in [5.74, 6) is -1.04. The summed E-state index contributed by atoms with van der Waals surface area (Å²) in [4.78, 5) is 26.9. The Balaban J connectivity index is 2.01. The molecule has 1 aliphatic rings. The summed E-state index contributed by atoms with van der Waals surface area (Å²) in [7, 11) is 0. The van der Waals surface area contributed by atoms with Crippen LogP contribution < -0.4 is 10.6 Å². The van der Waals surface area contributed by atoms with Crippen LogP contribution in [0.3, 0.4) is 0 Å². The van der Waals surface area contributed by atoms with Crippen molar-refractivity contribution in [3.05, 3.63) is 23.8 Å². The maximum Gasteiger partial charge on any atom is 0.410 e. The molecule has 0 aliphatic carbocycles. The van der Waals surface area contributed by atoms with Crippen LogP contribution in [0.4, 0.5) is 16.2 Å². The van der Waals surface area contributed by atoms with Crippen molar-refractivity contribution in [1.29, 1.82) is 0 Å². The van der Waals surface area contributed by atoms with Crippen LogP contribution in [0.25, 0.3) is 0 Å². The summed E-state index contributed by atoms with van der Waals surface area (Å²) in [6, 6.07) is 4.96. The van der Waals surface area contributed by atoms with Crippen molar-refractivity contribution < 1.29 is 19.4 Å². The summed E-state index contributed by atoms with van der Waals surface area (Å²) in [6.07, 6.45) is -0.319. The number of benzene rings is 1. The highest BCUT2D eigenvalue weighted by Gasteiger charge is 2.26. The molecule has 0 aromatic heterocycles. The number of rotatable bonds is 2. The van der Waals surface area contributed by atoms with E-state index in [9.17, 15) is 9.59 Å². The number of piperazine rings is 1. The van der Waals surface area contributed by atoms with Crippen LogP contribution in [0.2, 0.25) is 0 Å². The number of amides is 1. The number of ether oxygens (including phenoxy) is 1. The number of carbonyl (C=O) groups is 2. The summed E-state index contributed by atoms with van der Waals surface area (Å²) in [6.45, 7) is 7.79. The summed E-state index contributed by atoms with van der Waals surface area (Å²) >= 11 is 0. The molecule has 1 aromatic rings. The lowest BCUT2D eigenvalue weighted by Gasteiger charge is -2.36. The fraction of sp³-hybridized carbons (Fsp3) is 0.500. The average molecular weight is 321 g/mol. The predicted molar refractivity (Wildman–Crippen MR) is 87.8 cm³/mol. The van der Waals surface area contributed by atoms with Crippen LogP contribution in [0, 0.1) is 0 Å². The minimum atomic E-state index is -1.04. The Kier molecular flexibility index (Phi) is 4.68. The Morgan fingerprint density at radius 1 is 1.17 bits per heavy atom. The van der Waals surface area contributed by atoms with E-state index in [1.807, 2.05) is 25.7 Å². The second-order valence-corrected chi connectivity index (χ2v) is 6.53. The molecule has 23 heavy (non-hydrogen) atoms. The molecule has 7 nitrogen and oxygen atoms in total. The monoisotopic (exact) mass is 321 g/mol. The number of carbonyl (C=O) groups excluding carboxylic acids is 1. The molecular formula is C16H23N3O4. The summed E-state index contributed by atoms with van der Waals surface area (Å²) in [5.41, 5.74) is 6.29. The predicted octanol–water partition coefficient (Wildman–Crippen LogP) is 2.02. The lowest BCUT2D eigenvalue weighted by Crippen LogP contribution is -2.50. The molecule has 1 fully saturated rings. The zero-order valence-corrected chi connectivity index (χ0v) is 13.7. The Morgan fingerprint density at radius 2 is 1.78 bits per heavy atom. The first-order chi connectivity index (χ1) is 10.7. The molecule has 1 aliphatic heterocycles. The average Bonchev–Trinajstić information content (AvgIpc) is 2.46. The lowest BCUT2D eigenvalue weighted by molar-refractivity contribution is 0.0240. The van der Waals surface area contributed by atoms with Crippen LogP contribution in [-0.4, -0.2) is 53.8 Å². The normalized spacial score (nSPS) is 15.4. The van der Waals surface area contributed by atoms with Gasteiger partial charge < -0.3 is 25.4 Å². The first kappa shape index (κ1) is 16.9. The lowest BCUT2D eigenvalue weighted by atomic mass is 10.1. The maximum atomic E-state index is 12.0. The molecule has 0 saturated carbocycles. The third-order valence-electron chi connectivity index (χ3n) is 3.56. The van der Waals surface area contributed by atoms with E-state index in [0.29, 0.717) is 26.2 Å². The number of carboxylic acid groups (broad SMARTS) is 1. The van der Waals surface area contributed by atoms with Gasteiger partial charge in [-0.25, -0.2) is 9.59 Å². The van der Waals surface area contributed by atoms with Gasteiger partial charge in [0.05, 0.1) is 5.56 Å². The topological polar surface area (TPSA) is 96.1 Å². The number of hydrogen-bond donors (Lipinski definition) is 2. The van der Waals surface area contributed by atoms with Gasteiger partial charge in [-0.1, -0.05) is 0 Å². The number of nitrogens with zero attached hydrogens (tertiary/aromatic N) is 2. The third-order valence-corrected chi connectivity index (χ3v) is 3.56. The van der Waals surface area contributed by atoms with Crippen molar-refractivity contribution in [1.82, 2.24) is 4.90 Å². The van der Waals surface area contributed by atoms with Gasteiger partial charge >= 0.3 is 12.1 Å². The van der Waals surface area contributed by atoms with E-state index in [4.69, 9.17) is 15.6 Å². The van der Waals surface area contributed by atoms with Gasteiger partial charge in [0.1, 0.15) is 5.60 Å². The molecule has 1 saturated heterocycles. The maximum absolute atomic E-state index is 12.0. The highest BCUT2D eigenvalue weighted by atomic mass is 16.6. The molecule has 0 radical (unpaired) electrons. The van der Waals surface area contributed by atoms with Gasteiger partial charge in [-0.05, 0) is 39.0 Å². The third kappa shape index (κ3) is 4.28. The molecule has 0 spiro atoms. The minimum absolute atomic E-state index is 0.0945. The Hall–Kier alpha value is -2.44. The van der Waals surface area contributed by atoms with Crippen LogP contribution in [-0.2, 0) is 4.74 Å². The number of aromatic carboxylic acids is 1. The molecular weight excluding hydrogens is 298 g/mol. The highest BCUT2D eigenvalue weighted by molar-refractivity contribution is 5.94. The molecule has 1 heterocycles. The quantitative estimate of drug-likeness (QED) is 0.809. The Labute approximate surface area is 135 Å². The number of anilines is 2. The Bertz CT molecular complexity index is 602. The van der Waals surface area contributed by atoms with Gasteiger partial charge in [0.25, 0.3) is 0 Å². The van der Waals surface area contributed by atoms with E-state index >= 15 is 0 Å². The molecule has 3 N–H and O–H groups in total. The molecule has 1 aromatic carbocycles. The highest BCUT2D eigenvalue weighted by Crippen LogP contribution is 2.23. The SMILES string of the molecule is CC(C)(C)OC(=O)N1CCN(c2ccc(N)c(C(=O)O)c2)CC1. The molecule has 7 heteroatoms. The van der Waals surface area contributed by atoms with Gasteiger partial charge in [-0.3, -0.25) is 0 Å². The first-order valence-electron chi connectivity index (χ1n) is 7.53. The van der Waals surface area contributed by atoms with Crippen molar-refractivity contribution in [3.8, 4) is 0 Å². The molecule has 0 bridgehead atoms. The second-order valence-electron chi connectivity index (χ2n) is 6.53. The van der Waals surface area contributed by atoms with Crippen LogP contribution in [0.1, 0.15) is 31.1 Å².